The largest absolute Gasteiger partial charge is 0.352 e. The monoisotopic (exact) mass is 397 g/mol. The maximum absolute atomic E-state index is 4.86. The molecule has 0 saturated carbocycles. The van der Waals surface area contributed by atoms with Crippen molar-refractivity contribution in [2.24, 2.45) is 7.05 Å². The fourth-order valence-electron chi connectivity index (χ4n) is 3.63. The molecule has 2 N–H and O–H groups in total. The summed E-state index contributed by atoms with van der Waals surface area (Å²) in [5.41, 5.74) is 8.50. The molecule has 0 aromatic carbocycles. The summed E-state index contributed by atoms with van der Waals surface area (Å²) in [6, 6.07) is 8.21. The predicted octanol–water partition coefficient (Wildman–Crippen LogP) is 4.63. The third-order valence-electron chi connectivity index (χ3n) is 5.04. The minimum Gasteiger partial charge on any atom is -0.352 e. The Bertz CT molecular complexity index is 1470. The molecule has 0 fully saturated rings. The highest BCUT2D eigenvalue weighted by Gasteiger charge is 2.16. The first-order valence-corrected chi connectivity index (χ1v) is 10.0. The van der Waals surface area contributed by atoms with Crippen molar-refractivity contribution < 1.29 is 0 Å². The Morgan fingerprint density at radius 1 is 1.03 bits per heavy atom. The van der Waals surface area contributed by atoms with Crippen molar-refractivity contribution in [3.05, 3.63) is 59.8 Å². The van der Waals surface area contributed by atoms with Crippen molar-refractivity contribution in [1.82, 2.24) is 34.9 Å². The van der Waals surface area contributed by atoms with Crippen molar-refractivity contribution in [3.63, 3.8) is 0 Å². The minimum atomic E-state index is 0.790. The molecule has 0 unspecified atom stereocenters. The van der Waals surface area contributed by atoms with Crippen molar-refractivity contribution in [2.75, 3.05) is 0 Å². The number of nitrogens with one attached hydrogen (secondary N) is 2. The Morgan fingerprint density at radius 3 is 2.83 bits per heavy atom. The van der Waals surface area contributed by atoms with E-state index in [2.05, 4.69) is 48.2 Å². The van der Waals surface area contributed by atoms with Gasteiger partial charge >= 0.3 is 0 Å². The Kier molecular flexibility index (Phi) is 3.41. The quantitative estimate of drug-likeness (QED) is 0.456. The lowest BCUT2D eigenvalue weighted by molar-refractivity contribution is 0.768. The number of aromatic nitrogens is 7. The number of aryl methyl sites for hydroxylation is 1. The van der Waals surface area contributed by atoms with Gasteiger partial charge in [0, 0.05) is 36.0 Å². The summed E-state index contributed by atoms with van der Waals surface area (Å²) in [4.78, 5) is 12.7. The second-order valence-electron chi connectivity index (χ2n) is 6.91. The first-order chi connectivity index (χ1) is 14.3. The van der Waals surface area contributed by atoms with Crippen LogP contribution < -0.4 is 0 Å². The molecule has 0 aliphatic rings. The summed E-state index contributed by atoms with van der Waals surface area (Å²) in [6.45, 7) is 0. The number of aromatic amines is 2. The first-order valence-electron chi connectivity index (χ1n) is 9.10. The number of thiophene rings is 1. The zero-order valence-electron chi connectivity index (χ0n) is 15.4. The molecule has 6 aromatic rings. The number of fused-ring (bicyclic) bond motifs is 2. The van der Waals surface area contributed by atoms with E-state index in [4.69, 9.17) is 4.98 Å². The summed E-state index contributed by atoms with van der Waals surface area (Å²) in [5, 5.41) is 17.2. The van der Waals surface area contributed by atoms with Crippen LogP contribution in [0, 0.1) is 0 Å². The minimum absolute atomic E-state index is 0.790. The highest BCUT2D eigenvalue weighted by molar-refractivity contribution is 7.08. The fraction of sp³-hybridized carbons (Fsp3) is 0.0476. The van der Waals surface area contributed by atoms with E-state index in [1.165, 1.54) is 5.56 Å². The molecule has 6 heterocycles. The van der Waals surface area contributed by atoms with Gasteiger partial charge in [-0.15, -0.1) is 0 Å². The third kappa shape index (κ3) is 2.57. The molecule has 0 amide bonds. The van der Waals surface area contributed by atoms with Crippen molar-refractivity contribution in [2.45, 2.75) is 0 Å². The Morgan fingerprint density at radius 2 is 2.00 bits per heavy atom. The van der Waals surface area contributed by atoms with Crippen molar-refractivity contribution >= 4 is 33.3 Å². The number of pyridine rings is 2. The van der Waals surface area contributed by atoms with Crippen LogP contribution in [-0.4, -0.2) is 34.9 Å². The zero-order chi connectivity index (χ0) is 19.4. The van der Waals surface area contributed by atoms with Crippen LogP contribution in [0.1, 0.15) is 0 Å². The normalized spacial score (nSPS) is 11.6. The van der Waals surface area contributed by atoms with Crippen molar-refractivity contribution in [1.29, 1.82) is 0 Å². The van der Waals surface area contributed by atoms with Gasteiger partial charge in [0.25, 0.3) is 0 Å². The predicted molar refractivity (Wildman–Crippen MR) is 114 cm³/mol. The van der Waals surface area contributed by atoms with Crippen LogP contribution in [-0.2, 0) is 7.05 Å². The van der Waals surface area contributed by atoms with Gasteiger partial charge in [-0.25, -0.2) is 4.98 Å². The third-order valence-corrected chi connectivity index (χ3v) is 5.72. The Hall–Kier alpha value is -3.78. The van der Waals surface area contributed by atoms with E-state index in [1.54, 1.807) is 16.0 Å². The smallest absolute Gasteiger partial charge is 0.135 e. The van der Waals surface area contributed by atoms with E-state index < -0.39 is 0 Å². The molecule has 0 atom stereocenters. The molecule has 6 aromatic heterocycles. The highest BCUT2D eigenvalue weighted by atomic mass is 32.1. The van der Waals surface area contributed by atoms with E-state index in [0.717, 1.165) is 50.1 Å². The average molecular weight is 397 g/mol. The van der Waals surface area contributed by atoms with Crippen LogP contribution in [0.4, 0.5) is 0 Å². The number of H-pyrrole nitrogens is 2. The lowest BCUT2D eigenvalue weighted by Gasteiger charge is -1.98. The molecule has 8 heteroatoms. The van der Waals surface area contributed by atoms with E-state index in [0.29, 0.717) is 0 Å². The number of nitrogens with zero attached hydrogens (tertiary/aromatic N) is 5. The molecule has 6 rings (SSSR count). The van der Waals surface area contributed by atoms with Crippen LogP contribution in [0.2, 0.25) is 0 Å². The van der Waals surface area contributed by atoms with Crippen LogP contribution in [0.3, 0.4) is 0 Å². The van der Waals surface area contributed by atoms with Crippen LogP contribution in [0.15, 0.2) is 59.8 Å². The van der Waals surface area contributed by atoms with Crippen LogP contribution in [0.5, 0.6) is 0 Å². The molecule has 140 valence electrons. The molecular weight excluding hydrogens is 382 g/mol. The lowest BCUT2D eigenvalue weighted by atomic mass is 10.1. The van der Waals surface area contributed by atoms with Crippen LogP contribution >= 0.6 is 11.3 Å². The molecule has 7 nitrogen and oxygen atoms in total. The summed E-state index contributed by atoms with van der Waals surface area (Å²) in [6.07, 6.45) is 7.52. The summed E-state index contributed by atoms with van der Waals surface area (Å²) in [7, 11) is 1.90. The highest BCUT2D eigenvalue weighted by Crippen LogP contribution is 2.34. The van der Waals surface area contributed by atoms with Crippen LogP contribution in [0.25, 0.3) is 55.7 Å². The molecular formula is C21H15N7S. The van der Waals surface area contributed by atoms with Gasteiger partial charge < -0.3 is 4.98 Å². The molecule has 0 spiro atoms. The van der Waals surface area contributed by atoms with Gasteiger partial charge in [-0.05, 0) is 40.6 Å². The number of rotatable bonds is 3. The molecule has 0 bridgehead atoms. The van der Waals surface area contributed by atoms with E-state index in [9.17, 15) is 0 Å². The van der Waals surface area contributed by atoms with Gasteiger partial charge in [-0.2, -0.15) is 21.5 Å². The first kappa shape index (κ1) is 16.2. The fourth-order valence-corrected chi connectivity index (χ4v) is 4.28. The number of hydrogen-bond acceptors (Lipinski definition) is 5. The van der Waals surface area contributed by atoms with Gasteiger partial charge in [-0.3, -0.25) is 14.8 Å². The summed E-state index contributed by atoms with van der Waals surface area (Å²) < 4.78 is 1.77. The maximum atomic E-state index is 4.86. The molecule has 0 aliphatic carbocycles. The Labute approximate surface area is 169 Å². The molecule has 29 heavy (non-hydrogen) atoms. The number of hydrogen-bond donors (Lipinski definition) is 2. The van der Waals surface area contributed by atoms with E-state index in [-0.39, 0.29) is 0 Å². The van der Waals surface area contributed by atoms with Gasteiger partial charge in [0.1, 0.15) is 11.2 Å². The average Bonchev–Trinajstić information content (AvgIpc) is 3.51. The second kappa shape index (κ2) is 6.11. The summed E-state index contributed by atoms with van der Waals surface area (Å²) >= 11 is 1.68. The second-order valence-corrected chi connectivity index (χ2v) is 7.69. The molecule has 0 radical (unpaired) electrons. The van der Waals surface area contributed by atoms with E-state index in [1.807, 2.05) is 44.0 Å². The van der Waals surface area contributed by atoms with Gasteiger partial charge in [0.2, 0.25) is 0 Å². The van der Waals surface area contributed by atoms with E-state index >= 15 is 0 Å². The molecule has 0 aliphatic heterocycles. The van der Waals surface area contributed by atoms with Crippen molar-refractivity contribution in [3.8, 4) is 33.8 Å². The lowest BCUT2D eigenvalue weighted by Crippen LogP contribution is -1.86. The van der Waals surface area contributed by atoms with Gasteiger partial charge in [-0.1, -0.05) is 0 Å². The van der Waals surface area contributed by atoms with Gasteiger partial charge in [0.05, 0.1) is 34.8 Å². The maximum Gasteiger partial charge on any atom is 0.135 e. The SMILES string of the molecule is Cn1cc(-c2ccc3[nH]nc(-c4cc5c(-c6ccsc6)cncc5[nH]4)c3n2)cn1. The zero-order valence-corrected chi connectivity index (χ0v) is 16.2. The Balaban J connectivity index is 1.53. The molecule has 0 saturated heterocycles. The topological polar surface area (TPSA) is 88.1 Å². The van der Waals surface area contributed by atoms with Gasteiger partial charge in [0.15, 0.2) is 0 Å². The summed E-state index contributed by atoms with van der Waals surface area (Å²) in [5.74, 6) is 0. The standard InChI is InChI=1S/C21H15N7S/c1-28-10-13(7-23-28)16-2-3-17-20(25-16)21(27-26-17)18-6-14-15(12-4-5-29-11-12)8-22-9-19(14)24-18/h2-11,24H,1H3,(H,26,27).